The summed E-state index contributed by atoms with van der Waals surface area (Å²) < 4.78 is 18.3. The quantitative estimate of drug-likeness (QED) is 0.781. The molecule has 0 heterocycles. The standard InChI is InChI=1S/C18H20FNO2/c1-2-12-20(13-15-6-4-3-5-7-15)18(21)14-22-17-10-8-16(19)9-11-17/h3-11H,2,12-14H2,1H3. The summed E-state index contributed by atoms with van der Waals surface area (Å²) in [7, 11) is 0. The Bertz CT molecular complexity index is 584. The van der Waals surface area contributed by atoms with E-state index in [1.54, 1.807) is 4.90 Å². The molecule has 0 aliphatic carbocycles. The third-order valence-corrected chi connectivity index (χ3v) is 3.24. The number of carbonyl (C=O) groups is 1. The number of amides is 1. The van der Waals surface area contributed by atoms with E-state index in [0.717, 1.165) is 12.0 Å². The van der Waals surface area contributed by atoms with Gasteiger partial charge < -0.3 is 9.64 Å². The lowest BCUT2D eigenvalue weighted by Crippen LogP contribution is -2.35. The topological polar surface area (TPSA) is 29.5 Å². The van der Waals surface area contributed by atoms with Crippen LogP contribution in [0, 0.1) is 5.82 Å². The Kier molecular flexibility index (Phi) is 5.95. The largest absolute Gasteiger partial charge is 0.484 e. The fourth-order valence-electron chi connectivity index (χ4n) is 2.13. The van der Waals surface area contributed by atoms with Crippen LogP contribution in [0.1, 0.15) is 18.9 Å². The van der Waals surface area contributed by atoms with E-state index in [2.05, 4.69) is 0 Å². The second-order valence-corrected chi connectivity index (χ2v) is 5.04. The highest BCUT2D eigenvalue weighted by molar-refractivity contribution is 5.77. The zero-order chi connectivity index (χ0) is 15.8. The van der Waals surface area contributed by atoms with Crippen LogP contribution in [-0.2, 0) is 11.3 Å². The van der Waals surface area contributed by atoms with Crippen molar-refractivity contribution in [3.8, 4) is 5.75 Å². The smallest absolute Gasteiger partial charge is 0.260 e. The highest BCUT2D eigenvalue weighted by atomic mass is 19.1. The minimum absolute atomic E-state index is 0.0432. The van der Waals surface area contributed by atoms with Gasteiger partial charge >= 0.3 is 0 Å². The first-order valence-electron chi connectivity index (χ1n) is 7.39. The summed E-state index contributed by atoms with van der Waals surface area (Å²) in [5.74, 6) is 0.0938. The third-order valence-electron chi connectivity index (χ3n) is 3.24. The van der Waals surface area contributed by atoms with Crippen molar-refractivity contribution in [2.75, 3.05) is 13.2 Å². The molecule has 0 saturated heterocycles. The number of rotatable bonds is 7. The van der Waals surface area contributed by atoms with Crippen molar-refractivity contribution in [2.45, 2.75) is 19.9 Å². The number of nitrogens with zero attached hydrogens (tertiary/aromatic N) is 1. The molecule has 0 aromatic heterocycles. The van der Waals surface area contributed by atoms with E-state index in [1.165, 1.54) is 24.3 Å². The molecule has 2 aromatic rings. The minimum Gasteiger partial charge on any atom is -0.484 e. The van der Waals surface area contributed by atoms with Gasteiger partial charge in [-0.1, -0.05) is 37.3 Å². The molecule has 0 spiro atoms. The van der Waals surface area contributed by atoms with Crippen molar-refractivity contribution < 1.29 is 13.9 Å². The molecule has 2 rings (SSSR count). The Hall–Kier alpha value is -2.36. The van der Waals surface area contributed by atoms with E-state index in [4.69, 9.17) is 4.74 Å². The summed E-state index contributed by atoms with van der Waals surface area (Å²) in [5, 5.41) is 0. The molecule has 0 atom stereocenters. The Morgan fingerprint density at radius 2 is 1.77 bits per heavy atom. The van der Waals surface area contributed by atoms with Gasteiger partial charge in [-0.2, -0.15) is 0 Å². The normalized spacial score (nSPS) is 10.3. The predicted molar refractivity (Wildman–Crippen MR) is 84.0 cm³/mol. The van der Waals surface area contributed by atoms with E-state index in [0.29, 0.717) is 18.8 Å². The number of halogens is 1. The van der Waals surface area contributed by atoms with Crippen LogP contribution in [0.2, 0.25) is 0 Å². The van der Waals surface area contributed by atoms with Crippen LogP contribution in [0.5, 0.6) is 5.75 Å². The second-order valence-electron chi connectivity index (χ2n) is 5.04. The van der Waals surface area contributed by atoms with Gasteiger partial charge in [0, 0.05) is 13.1 Å². The van der Waals surface area contributed by atoms with E-state index < -0.39 is 0 Å². The third kappa shape index (κ3) is 4.88. The van der Waals surface area contributed by atoms with Gasteiger partial charge in [0.1, 0.15) is 11.6 Å². The van der Waals surface area contributed by atoms with Crippen LogP contribution >= 0.6 is 0 Å². The van der Waals surface area contributed by atoms with Crippen LogP contribution in [0.4, 0.5) is 4.39 Å². The summed E-state index contributed by atoms with van der Waals surface area (Å²) in [6.07, 6.45) is 0.884. The van der Waals surface area contributed by atoms with Gasteiger partial charge in [-0.3, -0.25) is 4.79 Å². The lowest BCUT2D eigenvalue weighted by molar-refractivity contribution is -0.134. The molecule has 2 aromatic carbocycles. The lowest BCUT2D eigenvalue weighted by atomic mass is 10.2. The molecule has 22 heavy (non-hydrogen) atoms. The van der Waals surface area contributed by atoms with Crippen molar-refractivity contribution in [3.05, 3.63) is 66.0 Å². The van der Waals surface area contributed by atoms with Gasteiger partial charge in [-0.05, 0) is 36.2 Å². The minimum atomic E-state index is -0.324. The Morgan fingerprint density at radius 1 is 1.09 bits per heavy atom. The summed E-state index contributed by atoms with van der Waals surface area (Å²) in [6.45, 7) is 3.24. The summed E-state index contributed by atoms with van der Waals surface area (Å²) in [6, 6.07) is 15.5. The molecule has 4 heteroatoms. The highest BCUT2D eigenvalue weighted by Crippen LogP contribution is 2.12. The molecule has 0 radical (unpaired) electrons. The molecule has 3 nitrogen and oxygen atoms in total. The van der Waals surface area contributed by atoms with Crippen LogP contribution in [-0.4, -0.2) is 24.0 Å². The summed E-state index contributed by atoms with van der Waals surface area (Å²) in [5.41, 5.74) is 1.09. The molecular weight excluding hydrogens is 281 g/mol. The maximum Gasteiger partial charge on any atom is 0.260 e. The molecule has 0 aliphatic heterocycles. The van der Waals surface area contributed by atoms with E-state index >= 15 is 0 Å². The SMILES string of the molecule is CCCN(Cc1ccccc1)C(=O)COc1ccc(F)cc1. The molecule has 116 valence electrons. The fraction of sp³-hybridized carbons (Fsp3) is 0.278. The molecule has 0 fully saturated rings. The average Bonchev–Trinajstić information content (AvgIpc) is 2.54. The first kappa shape index (κ1) is 16.0. The molecular formula is C18H20FNO2. The molecule has 0 aliphatic rings. The van der Waals surface area contributed by atoms with Crippen molar-refractivity contribution in [2.24, 2.45) is 0 Å². The number of hydrogen-bond donors (Lipinski definition) is 0. The van der Waals surface area contributed by atoms with Crippen molar-refractivity contribution in [1.29, 1.82) is 0 Å². The van der Waals surface area contributed by atoms with Crippen molar-refractivity contribution in [3.63, 3.8) is 0 Å². The van der Waals surface area contributed by atoms with E-state index in [1.807, 2.05) is 37.3 Å². The first-order valence-corrected chi connectivity index (χ1v) is 7.39. The maximum absolute atomic E-state index is 12.8. The van der Waals surface area contributed by atoms with Gasteiger partial charge in [-0.25, -0.2) is 4.39 Å². The zero-order valence-corrected chi connectivity index (χ0v) is 12.7. The van der Waals surface area contributed by atoms with Gasteiger partial charge in [0.2, 0.25) is 0 Å². The number of ether oxygens (including phenoxy) is 1. The van der Waals surface area contributed by atoms with Crippen LogP contribution in [0.3, 0.4) is 0 Å². The average molecular weight is 301 g/mol. The zero-order valence-electron chi connectivity index (χ0n) is 12.7. The second kappa shape index (κ2) is 8.17. The van der Waals surface area contributed by atoms with Gasteiger partial charge in [0.15, 0.2) is 6.61 Å². The molecule has 0 unspecified atom stereocenters. The molecule has 0 N–H and O–H groups in total. The first-order chi connectivity index (χ1) is 10.7. The number of hydrogen-bond acceptors (Lipinski definition) is 2. The monoisotopic (exact) mass is 301 g/mol. The highest BCUT2D eigenvalue weighted by Gasteiger charge is 2.14. The predicted octanol–water partition coefficient (Wildman–Crippen LogP) is 3.64. The van der Waals surface area contributed by atoms with Gasteiger partial charge in [0.25, 0.3) is 5.91 Å². The van der Waals surface area contributed by atoms with Crippen molar-refractivity contribution in [1.82, 2.24) is 4.90 Å². The van der Waals surface area contributed by atoms with Crippen molar-refractivity contribution >= 4 is 5.91 Å². The Labute approximate surface area is 130 Å². The fourth-order valence-corrected chi connectivity index (χ4v) is 2.13. The number of carbonyl (C=O) groups excluding carboxylic acids is 1. The van der Waals surface area contributed by atoms with E-state index in [9.17, 15) is 9.18 Å². The molecule has 1 amide bonds. The lowest BCUT2D eigenvalue weighted by Gasteiger charge is -2.22. The Balaban J connectivity index is 1.93. The van der Waals surface area contributed by atoms with Gasteiger partial charge in [-0.15, -0.1) is 0 Å². The molecule has 0 bridgehead atoms. The number of benzene rings is 2. The summed E-state index contributed by atoms with van der Waals surface area (Å²) in [4.78, 5) is 14.1. The summed E-state index contributed by atoms with van der Waals surface area (Å²) >= 11 is 0. The van der Waals surface area contributed by atoms with E-state index in [-0.39, 0.29) is 18.3 Å². The van der Waals surface area contributed by atoms with Gasteiger partial charge in [0.05, 0.1) is 0 Å². The van der Waals surface area contributed by atoms with Crippen LogP contribution in [0.25, 0.3) is 0 Å². The maximum atomic E-state index is 12.8. The Morgan fingerprint density at radius 3 is 2.41 bits per heavy atom. The van der Waals surface area contributed by atoms with Crippen LogP contribution in [0.15, 0.2) is 54.6 Å². The van der Waals surface area contributed by atoms with Crippen LogP contribution < -0.4 is 4.74 Å². The molecule has 0 saturated carbocycles.